The van der Waals surface area contributed by atoms with Crippen LogP contribution in [0.5, 0.6) is 5.75 Å². The van der Waals surface area contributed by atoms with Gasteiger partial charge in [-0.05, 0) is 43.3 Å². The molecular formula is C18H15ClN6O2. The molecule has 0 bridgehead atoms. The van der Waals surface area contributed by atoms with Crippen molar-refractivity contribution in [2.24, 2.45) is 15.3 Å². The van der Waals surface area contributed by atoms with Gasteiger partial charge in [0.1, 0.15) is 11.4 Å². The first-order chi connectivity index (χ1) is 13.0. The topological polar surface area (TPSA) is 115 Å². The third-order valence-electron chi connectivity index (χ3n) is 3.45. The van der Waals surface area contributed by atoms with Crippen LogP contribution in [0.1, 0.15) is 21.7 Å². The molecule has 0 fully saturated rings. The smallest absolute Gasteiger partial charge is 0.291 e. The molecule has 3 aromatic rings. The molecule has 0 aliphatic carbocycles. The average Bonchev–Trinajstić information content (AvgIpc) is 3.09. The quantitative estimate of drug-likeness (QED) is 0.348. The van der Waals surface area contributed by atoms with Crippen LogP contribution >= 0.6 is 11.6 Å². The second-order valence-electron chi connectivity index (χ2n) is 5.53. The van der Waals surface area contributed by atoms with Gasteiger partial charge in [-0.2, -0.15) is 15.3 Å². The third-order valence-corrected chi connectivity index (χ3v) is 3.76. The molecule has 27 heavy (non-hydrogen) atoms. The molecule has 0 saturated carbocycles. The molecule has 0 unspecified atom stereocenters. The van der Waals surface area contributed by atoms with Gasteiger partial charge in [-0.25, -0.2) is 5.43 Å². The maximum absolute atomic E-state index is 11.9. The van der Waals surface area contributed by atoms with Gasteiger partial charge in [-0.3, -0.25) is 9.89 Å². The molecule has 0 radical (unpaired) electrons. The molecular weight excluding hydrogens is 368 g/mol. The number of phenols is 1. The van der Waals surface area contributed by atoms with E-state index in [0.29, 0.717) is 22.0 Å². The summed E-state index contributed by atoms with van der Waals surface area (Å²) < 4.78 is 0. The summed E-state index contributed by atoms with van der Waals surface area (Å²) in [7, 11) is 0. The number of aromatic nitrogens is 2. The van der Waals surface area contributed by atoms with Crippen molar-refractivity contribution in [1.29, 1.82) is 0 Å². The van der Waals surface area contributed by atoms with Crippen LogP contribution in [0.2, 0.25) is 5.02 Å². The minimum atomic E-state index is -0.468. The number of nitrogens with zero attached hydrogens (tertiary/aromatic N) is 4. The number of hydrazone groups is 1. The lowest BCUT2D eigenvalue weighted by Crippen LogP contribution is -2.18. The summed E-state index contributed by atoms with van der Waals surface area (Å²) in [6, 6.07) is 13.3. The van der Waals surface area contributed by atoms with Gasteiger partial charge in [-0.15, -0.1) is 5.11 Å². The molecule has 0 saturated heterocycles. The zero-order valence-corrected chi connectivity index (χ0v) is 15.0. The van der Waals surface area contributed by atoms with E-state index in [0.717, 1.165) is 5.69 Å². The number of aromatic amines is 1. The van der Waals surface area contributed by atoms with Gasteiger partial charge in [0.25, 0.3) is 5.91 Å². The molecule has 1 amide bonds. The Hall–Kier alpha value is -3.52. The number of phenolic OH excluding ortho intramolecular Hbond substituents is 1. The van der Waals surface area contributed by atoms with Gasteiger partial charge in [0, 0.05) is 11.3 Å². The van der Waals surface area contributed by atoms with Gasteiger partial charge in [0.05, 0.1) is 16.9 Å². The van der Waals surface area contributed by atoms with Crippen molar-refractivity contribution >= 4 is 35.1 Å². The van der Waals surface area contributed by atoms with E-state index in [1.54, 1.807) is 49.4 Å². The highest BCUT2D eigenvalue weighted by Crippen LogP contribution is 2.27. The zero-order chi connectivity index (χ0) is 19.2. The predicted molar refractivity (Wildman–Crippen MR) is 102 cm³/mol. The summed E-state index contributed by atoms with van der Waals surface area (Å²) in [5.41, 5.74) is 4.70. The SMILES string of the molecule is Cc1cc(C(=O)NN=Cc2cc(N=Nc3ccccc3Cl)ccc2O)n[nH]1. The normalized spacial score (nSPS) is 11.3. The summed E-state index contributed by atoms with van der Waals surface area (Å²) in [6.07, 6.45) is 1.31. The van der Waals surface area contributed by atoms with Crippen molar-refractivity contribution in [3.63, 3.8) is 0 Å². The maximum atomic E-state index is 11.9. The predicted octanol–water partition coefficient (Wildman–Crippen LogP) is 4.26. The Morgan fingerprint density at radius 3 is 2.78 bits per heavy atom. The number of azo groups is 1. The number of amides is 1. The van der Waals surface area contributed by atoms with Crippen molar-refractivity contribution in [3.05, 3.63) is 70.5 Å². The highest BCUT2D eigenvalue weighted by atomic mass is 35.5. The highest BCUT2D eigenvalue weighted by molar-refractivity contribution is 6.32. The number of aromatic hydroxyl groups is 1. The van der Waals surface area contributed by atoms with Crippen molar-refractivity contribution in [2.45, 2.75) is 6.92 Å². The van der Waals surface area contributed by atoms with Crippen LogP contribution in [0.15, 0.2) is 63.9 Å². The van der Waals surface area contributed by atoms with Gasteiger partial charge in [-0.1, -0.05) is 23.7 Å². The Bertz CT molecular complexity index is 1030. The van der Waals surface area contributed by atoms with Crippen LogP contribution < -0.4 is 5.43 Å². The Balaban J connectivity index is 1.71. The van der Waals surface area contributed by atoms with Crippen molar-refractivity contribution < 1.29 is 9.90 Å². The Morgan fingerprint density at radius 1 is 1.22 bits per heavy atom. The van der Waals surface area contributed by atoms with E-state index in [-0.39, 0.29) is 11.4 Å². The lowest BCUT2D eigenvalue weighted by molar-refractivity contribution is 0.0950. The molecule has 136 valence electrons. The first-order valence-corrected chi connectivity index (χ1v) is 8.25. The van der Waals surface area contributed by atoms with Crippen molar-refractivity contribution in [3.8, 4) is 5.75 Å². The first-order valence-electron chi connectivity index (χ1n) is 7.87. The Labute approximate surface area is 159 Å². The van der Waals surface area contributed by atoms with Crippen LogP contribution in [0, 0.1) is 6.92 Å². The molecule has 0 aliphatic heterocycles. The molecule has 3 rings (SSSR count). The lowest BCUT2D eigenvalue weighted by atomic mass is 10.2. The number of aryl methyl sites for hydroxylation is 1. The van der Waals surface area contributed by atoms with E-state index < -0.39 is 5.91 Å². The monoisotopic (exact) mass is 382 g/mol. The number of rotatable bonds is 5. The summed E-state index contributed by atoms with van der Waals surface area (Å²) in [4.78, 5) is 11.9. The molecule has 0 spiro atoms. The van der Waals surface area contributed by atoms with Crippen molar-refractivity contribution in [1.82, 2.24) is 15.6 Å². The molecule has 3 N–H and O–H groups in total. The summed E-state index contributed by atoms with van der Waals surface area (Å²) in [5.74, 6) is -0.482. The molecule has 9 heteroatoms. The molecule has 1 aromatic heterocycles. The van der Waals surface area contributed by atoms with E-state index in [1.165, 1.54) is 12.3 Å². The number of carbonyl (C=O) groups is 1. The Kier molecular flexibility index (Phi) is 5.58. The molecule has 8 nitrogen and oxygen atoms in total. The Morgan fingerprint density at radius 2 is 2.04 bits per heavy atom. The van der Waals surface area contributed by atoms with E-state index in [2.05, 4.69) is 31.0 Å². The highest BCUT2D eigenvalue weighted by Gasteiger charge is 2.08. The summed E-state index contributed by atoms with van der Waals surface area (Å²) in [6.45, 7) is 1.79. The van der Waals surface area contributed by atoms with E-state index in [1.807, 2.05) is 0 Å². The van der Waals surface area contributed by atoms with Crippen LogP contribution in [0.25, 0.3) is 0 Å². The number of carbonyl (C=O) groups excluding carboxylic acids is 1. The van der Waals surface area contributed by atoms with Gasteiger partial charge < -0.3 is 5.11 Å². The second kappa shape index (κ2) is 8.24. The maximum Gasteiger partial charge on any atom is 0.291 e. The number of halogens is 1. The molecule has 2 aromatic carbocycles. The van der Waals surface area contributed by atoms with Crippen LogP contribution in [0.4, 0.5) is 11.4 Å². The van der Waals surface area contributed by atoms with Gasteiger partial charge in [0.15, 0.2) is 5.69 Å². The van der Waals surface area contributed by atoms with Crippen LogP contribution in [-0.4, -0.2) is 27.4 Å². The van der Waals surface area contributed by atoms with Gasteiger partial charge in [0.2, 0.25) is 0 Å². The molecule has 1 heterocycles. The first kappa shape index (κ1) is 18.3. The molecule has 0 aliphatic rings. The second-order valence-corrected chi connectivity index (χ2v) is 5.94. The standard InChI is InChI=1S/C18H15ClN6O2/c1-11-8-16(24-21-11)18(27)25-20-10-12-9-13(6-7-17(12)26)22-23-15-5-3-2-4-14(15)19/h2-10,26H,1H3,(H,21,24)(H,25,27). The van der Waals surface area contributed by atoms with E-state index >= 15 is 0 Å². The lowest BCUT2D eigenvalue weighted by Gasteiger charge is -2.01. The zero-order valence-electron chi connectivity index (χ0n) is 14.2. The van der Waals surface area contributed by atoms with Gasteiger partial charge >= 0.3 is 0 Å². The van der Waals surface area contributed by atoms with E-state index in [4.69, 9.17) is 11.6 Å². The van der Waals surface area contributed by atoms with E-state index in [9.17, 15) is 9.90 Å². The number of hydrogen-bond donors (Lipinski definition) is 3. The fourth-order valence-electron chi connectivity index (χ4n) is 2.10. The minimum Gasteiger partial charge on any atom is -0.507 e. The fourth-order valence-corrected chi connectivity index (χ4v) is 2.28. The molecule has 0 atom stereocenters. The minimum absolute atomic E-state index is 0.0136. The largest absolute Gasteiger partial charge is 0.507 e. The number of benzene rings is 2. The van der Waals surface area contributed by atoms with Crippen LogP contribution in [-0.2, 0) is 0 Å². The third kappa shape index (κ3) is 4.77. The number of nitrogens with one attached hydrogen (secondary N) is 2. The fraction of sp³-hybridized carbons (Fsp3) is 0.0556. The summed E-state index contributed by atoms with van der Waals surface area (Å²) in [5, 5.41) is 28.9. The number of hydrogen-bond acceptors (Lipinski definition) is 6. The van der Waals surface area contributed by atoms with Crippen molar-refractivity contribution in [2.75, 3.05) is 0 Å². The average molecular weight is 383 g/mol. The summed E-state index contributed by atoms with van der Waals surface area (Å²) >= 11 is 6.03. The number of H-pyrrole nitrogens is 1. The van der Waals surface area contributed by atoms with Crippen LogP contribution in [0.3, 0.4) is 0 Å².